The summed E-state index contributed by atoms with van der Waals surface area (Å²) in [5.41, 5.74) is 0.684. The Hall–Kier alpha value is -1.16. The summed E-state index contributed by atoms with van der Waals surface area (Å²) < 4.78 is 5.29. The Kier molecular flexibility index (Phi) is 5.08. The molecule has 1 amide bonds. The van der Waals surface area contributed by atoms with Crippen LogP contribution >= 0.6 is 12.6 Å². The number of rotatable bonds is 3. The molecule has 0 atom stereocenters. The van der Waals surface area contributed by atoms with Crippen molar-refractivity contribution in [3.8, 4) is 0 Å². The van der Waals surface area contributed by atoms with E-state index in [1.54, 1.807) is 11.9 Å². The highest BCUT2D eigenvalue weighted by molar-refractivity contribution is 7.80. The molecule has 0 aliphatic heterocycles. The van der Waals surface area contributed by atoms with Crippen LogP contribution in [0.5, 0.6) is 0 Å². The Labute approximate surface area is 115 Å². The third-order valence-electron chi connectivity index (χ3n) is 2.41. The van der Waals surface area contributed by atoms with Crippen molar-refractivity contribution in [1.29, 1.82) is 0 Å². The highest BCUT2D eigenvalue weighted by atomic mass is 32.1. The highest BCUT2D eigenvalue weighted by Crippen LogP contribution is 2.14. The van der Waals surface area contributed by atoms with Gasteiger partial charge in [-0.1, -0.05) is 18.2 Å². The molecule has 0 aliphatic rings. The quantitative estimate of drug-likeness (QED) is 0.851. The Morgan fingerprint density at radius 2 is 1.94 bits per heavy atom. The zero-order valence-corrected chi connectivity index (χ0v) is 12.3. The molecule has 1 aromatic carbocycles. The predicted molar refractivity (Wildman–Crippen MR) is 76.3 cm³/mol. The predicted octanol–water partition coefficient (Wildman–Crippen LogP) is 3.38. The van der Waals surface area contributed by atoms with Gasteiger partial charge < -0.3 is 9.64 Å². The highest BCUT2D eigenvalue weighted by Gasteiger charge is 2.19. The number of carbonyl (C=O) groups excluding carboxylic acids is 1. The maximum Gasteiger partial charge on any atom is 0.410 e. The first-order valence-electron chi connectivity index (χ1n) is 6.00. The van der Waals surface area contributed by atoms with E-state index >= 15 is 0 Å². The molecule has 1 rings (SSSR count). The molecule has 1 aromatic rings. The average Bonchev–Trinajstić information content (AvgIpc) is 2.25. The summed E-state index contributed by atoms with van der Waals surface area (Å²) >= 11 is 4.39. The molecule has 0 saturated heterocycles. The van der Waals surface area contributed by atoms with Gasteiger partial charge in [0.2, 0.25) is 0 Å². The van der Waals surface area contributed by atoms with Gasteiger partial charge in [0.25, 0.3) is 0 Å². The first-order valence-corrected chi connectivity index (χ1v) is 6.45. The Balaban J connectivity index is 2.49. The number of hydrogen-bond donors (Lipinski definition) is 1. The van der Waals surface area contributed by atoms with Crippen molar-refractivity contribution in [2.45, 2.75) is 37.7 Å². The van der Waals surface area contributed by atoms with Crippen LogP contribution in [-0.2, 0) is 11.2 Å². The fraction of sp³-hybridized carbons (Fsp3) is 0.500. The zero-order valence-electron chi connectivity index (χ0n) is 11.4. The number of likely N-dealkylation sites (N-methyl/N-ethyl adjacent to an activating group) is 1. The van der Waals surface area contributed by atoms with Crippen molar-refractivity contribution < 1.29 is 9.53 Å². The third kappa shape index (κ3) is 5.00. The van der Waals surface area contributed by atoms with Gasteiger partial charge in [-0.25, -0.2) is 4.79 Å². The van der Waals surface area contributed by atoms with E-state index in [2.05, 4.69) is 12.6 Å². The van der Waals surface area contributed by atoms with Crippen LogP contribution < -0.4 is 0 Å². The number of nitrogens with zero attached hydrogens (tertiary/aromatic N) is 1. The zero-order chi connectivity index (χ0) is 13.8. The van der Waals surface area contributed by atoms with Gasteiger partial charge >= 0.3 is 6.09 Å². The minimum absolute atomic E-state index is 0.292. The fourth-order valence-corrected chi connectivity index (χ4v) is 1.71. The maximum atomic E-state index is 11.7. The van der Waals surface area contributed by atoms with Crippen LogP contribution in [0.25, 0.3) is 0 Å². The lowest BCUT2D eigenvalue weighted by atomic mass is 10.1. The normalized spacial score (nSPS) is 11.2. The molecule has 0 N–H and O–H groups in total. The number of benzene rings is 1. The molecule has 3 nitrogen and oxygen atoms in total. The number of thiol groups is 1. The first kappa shape index (κ1) is 14.9. The van der Waals surface area contributed by atoms with E-state index in [4.69, 9.17) is 4.74 Å². The standard InChI is InChI=1S/C14H21NO2S/c1-14(2,3)17-13(16)15(4)10-9-11-7-5-6-8-12(11)18/h5-8,18H,9-10H2,1-4H3. The van der Waals surface area contributed by atoms with E-state index in [0.29, 0.717) is 6.54 Å². The van der Waals surface area contributed by atoms with Crippen LogP contribution in [0.3, 0.4) is 0 Å². The lowest BCUT2D eigenvalue weighted by Crippen LogP contribution is -2.35. The summed E-state index contributed by atoms with van der Waals surface area (Å²) in [6, 6.07) is 7.89. The Morgan fingerprint density at radius 1 is 1.33 bits per heavy atom. The molecule has 0 bridgehead atoms. The minimum atomic E-state index is -0.452. The molecule has 18 heavy (non-hydrogen) atoms. The summed E-state index contributed by atoms with van der Waals surface area (Å²) in [7, 11) is 1.75. The second kappa shape index (κ2) is 6.14. The van der Waals surface area contributed by atoms with E-state index in [0.717, 1.165) is 16.9 Å². The molecule has 0 unspecified atom stereocenters. The maximum absolute atomic E-state index is 11.7. The molecule has 0 radical (unpaired) electrons. The Bertz CT molecular complexity index is 413. The van der Waals surface area contributed by atoms with Crippen molar-refractivity contribution in [3.05, 3.63) is 29.8 Å². The molecular formula is C14H21NO2S. The first-order chi connectivity index (χ1) is 8.29. The molecule has 0 heterocycles. The van der Waals surface area contributed by atoms with E-state index in [1.165, 1.54) is 0 Å². The summed E-state index contributed by atoms with van der Waals surface area (Å²) in [6.45, 7) is 6.21. The monoisotopic (exact) mass is 267 g/mol. The number of amides is 1. The van der Waals surface area contributed by atoms with Gasteiger partial charge in [-0.3, -0.25) is 0 Å². The molecule has 0 aliphatic carbocycles. The molecular weight excluding hydrogens is 246 g/mol. The van der Waals surface area contributed by atoms with Crippen LogP contribution in [0.2, 0.25) is 0 Å². The minimum Gasteiger partial charge on any atom is -0.444 e. The van der Waals surface area contributed by atoms with E-state index < -0.39 is 5.60 Å². The second-order valence-electron chi connectivity index (χ2n) is 5.28. The molecule has 0 fully saturated rings. The molecule has 0 aromatic heterocycles. The van der Waals surface area contributed by atoms with Crippen molar-refractivity contribution >= 4 is 18.7 Å². The third-order valence-corrected chi connectivity index (χ3v) is 2.85. The van der Waals surface area contributed by atoms with Crippen molar-refractivity contribution in [2.24, 2.45) is 0 Å². The van der Waals surface area contributed by atoms with Gasteiger partial charge in [0.1, 0.15) is 5.60 Å². The largest absolute Gasteiger partial charge is 0.444 e. The molecule has 0 spiro atoms. The lowest BCUT2D eigenvalue weighted by Gasteiger charge is -2.24. The summed E-state index contributed by atoms with van der Waals surface area (Å²) in [5, 5.41) is 0. The van der Waals surface area contributed by atoms with Gasteiger partial charge in [0, 0.05) is 18.5 Å². The van der Waals surface area contributed by atoms with E-state index in [-0.39, 0.29) is 6.09 Å². The molecule has 100 valence electrons. The van der Waals surface area contributed by atoms with Crippen LogP contribution in [0.4, 0.5) is 4.79 Å². The van der Waals surface area contributed by atoms with Crippen LogP contribution in [0.15, 0.2) is 29.2 Å². The molecule has 0 saturated carbocycles. The van der Waals surface area contributed by atoms with E-state index in [9.17, 15) is 4.79 Å². The van der Waals surface area contributed by atoms with Gasteiger partial charge in [-0.05, 0) is 38.8 Å². The van der Waals surface area contributed by atoms with Crippen molar-refractivity contribution in [3.63, 3.8) is 0 Å². The number of ether oxygens (including phenoxy) is 1. The average molecular weight is 267 g/mol. The van der Waals surface area contributed by atoms with Gasteiger partial charge in [0.15, 0.2) is 0 Å². The Morgan fingerprint density at radius 3 is 2.50 bits per heavy atom. The second-order valence-corrected chi connectivity index (χ2v) is 5.76. The van der Waals surface area contributed by atoms with Crippen molar-refractivity contribution in [2.75, 3.05) is 13.6 Å². The van der Waals surface area contributed by atoms with Crippen molar-refractivity contribution in [1.82, 2.24) is 4.90 Å². The van der Waals surface area contributed by atoms with E-state index in [1.807, 2.05) is 45.0 Å². The van der Waals surface area contributed by atoms with Gasteiger partial charge in [-0.2, -0.15) is 0 Å². The summed E-state index contributed by atoms with van der Waals surface area (Å²) in [6.07, 6.45) is 0.481. The van der Waals surface area contributed by atoms with Crippen LogP contribution in [-0.4, -0.2) is 30.2 Å². The fourth-order valence-electron chi connectivity index (χ4n) is 1.44. The summed E-state index contributed by atoms with van der Waals surface area (Å²) in [4.78, 5) is 14.3. The topological polar surface area (TPSA) is 29.5 Å². The van der Waals surface area contributed by atoms with Gasteiger partial charge in [-0.15, -0.1) is 12.6 Å². The molecule has 4 heteroatoms. The summed E-state index contributed by atoms with van der Waals surface area (Å²) in [5.74, 6) is 0. The van der Waals surface area contributed by atoms with Crippen LogP contribution in [0, 0.1) is 0 Å². The van der Waals surface area contributed by atoms with Crippen LogP contribution in [0.1, 0.15) is 26.3 Å². The smallest absolute Gasteiger partial charge is 0.410 e. The number of hydrogen-bond acceptors (Lipinski definition) is 3. The van der Waals surface area contributed by atoms with Gasteiger partial charge in [0.05, 0.1) is 0 Å². The SMILES string of the molecule is CN(CCc1ccccc1S)C(=O)OC(C)(C)C. The number of carbonyl (C=O) groups is 1. The lowest BCUT2D eigenvalue weighted by molar-refractivity contribution is 0.0300.